The van der Waals surface area contributed by atoms with Crippen molar-refractivity contribution in [3.8, 4) is 0 Å². The molecule has 1 N–H and O–H groups in total. The van der Waals surface area contributed by atoms with Gasteiger partial charge >= 0.3 is 17.9 Å². The van der Waals surface area contributed by atoms with Gasteiger partial charge in [0.05, 0.1) is 28.5 Å². The summed E-state index contributed by atoms with van der Waals surface area (Å²) in [5, 5.41) is 11.5. The standard InChI is InChI=1S/C44H70O8/c1-8-39(6,36(46)52-44(9-2,10-3)41-19-29-15-30(20-41)17-31(16-29)21-41)27-40(7,26-38(4,5)35(45)50-34-13-11-12-14-49-34)37(47)51-43-24-32-18-33(25-43)23-42(48,22-32)28-43/h29-34,48H,8-28H2,1-7H3. The number of ether oxygens (including phenoxy) is 4. The molecule has 9 fully saturated rings. The van der Waals surface area contributed by atoms with Crippen LogP contribution in [0.25, 0.3) is 0 Å². The van der Waals surface area contributed by atoms with E-state index in [2.05, 4.69) is 13.8 Å². The van der Waals surface area contributed by atoms with E-state index in [9.17, 15) is 19.5 Å². The maximum absolute atomic E-state index is 15.0. The molecule has 5 unspecified atom stereocenters. The Hall–Kier alpha value is -1.67. The van der Waals surface area contributed by atoms with Crippen molar-refractivity contribution in [3.63, 3.8) is 0 Å². The molecule has 8 heteroatoms. The van der Waals surface area contributed by atoms with E-state index in [1.54, 1.807) is 0 Å². The molecule has 8 nitrogen and oxygen atoms in total. The van der Waals surface area contributed by atoms with Crippen molar-refractivity contribution in [2.75, 3.05) is 6.61 Å². The molecule has 1 aliphatic heterocycles. The third-order valence-electron chi connectivity index (χ3n) is 16.0. The molecule has 0 aromatic rings. The number of carbonyl (C=O) groups excluding carboxylic acids is 3. The van der Waals surface area contributed by atoms with E-state index in [1.165, 1.54) is 19.3 Å². The number of carbonyl (C=O) groups is 3. The number of hydrogen-bond donors (Lipinski definition) is 1. The third kappa shape index (κ3) is 6.89. The Bertz CT molecular complexity index is 1320. The lowest BCUT2D eigenvalue weighted by atomic mass is 9.44. The smallest absolute Gasteiger partial charge is 0.313 e. The molecule has 0 radical (unpaired) electrons. The molecule has 9 rings (SSSR count). The first-order chi connectivity index (χ1) is 24.4. The lowest BCUT2D eigenvalue weighted by molar-refractivity contribution is -0.230. The zero-order valence-electron chi connectivity index (χ0n) is 33.6. The maximum atomic E-state index is 15.0. The van der Waals surface area contributed by atoms with Gasteiger partial charge in [-0.3, -0.25) is 14.4 Å². The van der Waals surface area contributed by atoms with E-state index in [0.717, 1.165) is 94.8 Å². The molecule has 0 aromatic heterocycles. The van der Waals surface area contributed by atoms with Gasteiger partial charge in [0, 0.05) is 18.3 Å². The Morgan fingerprint density at radius 1 is 0.692 bits per heavy atom. The van der Waals surface area contributed by atoms with Gasteiger partial charge in [0.15, 0.2) is 0 Å². The van der Waals surface area contributed by atoms with Crippen molar-refractivity contribution in [1.82, 2.24) is 0 Å². The Balaban J connectivity index is 1.16. The van der Waals surface area contributed by atoms with Crippen molar-refractivity contribution in [1.29, 1.82) is 0 Å². The molecule has 0 spiro atoms. The number of aliphatic hydroxyl groups is 1. The van der Waals surface area contributed by atoms with Crippen molar-refractivity contribution >= 4 is 17.9 Å². The highest BCUT2D eigenvalue weighted by atomic mass is 16.7. The summed E-state index contributed by atoms with van der Waals surface area (Å²) in [7, 11) is 0. The van der Waals surface area contributed by atoms with Crippen LogP contribution < -0.4 is 0 Å². The molecule has 8 aliphatic carbocycles. The average Bonchev–Trinajstić information content (AvgIpc) is 3.05. The largest absolute Gasteiger partial charge is 0.459 e. The van der Waals surface area contributed by atoms with Crippen LogP contribution in [0.4, 0.5) is 0 Å². The molecule has 0 amide bonds. The monoisotopic (exact) mass is 727 g/mol. The fraction of sp³-hybridized carbons (Fsp3) is 0.932. The summed E-state index contributed by atoms with van der Waals surface area (Å²) in [5.41, 5.74) is -5.26. The van der Waals surface area contributed by atoms with Gasteiger partial charge < -0.3 is 24.1 Å². The van der Waals surface area contributed by atoms with Gasteiger partial charge in [-0.15, -0.1) is 0 Å². The zero-order valence-corrected chi connectivity index (χ0v) is 33.6. The van der Waals surface area contributed by atoms with E-state index < -0.39 is 45.3 Å². The number of rotatable bonds is 14. The van der Waals surface area contributed by atoms with E-state index >= 15 is 0 Å². The second-order valence-electron chi connectivity index (χ2n) is 21.0. The Kier molecular flexibility index (Phi) is 10.0. The molecule has 1 saturated heterocycles. The number of hydrogen-bond acceptors (Lipinski definition) is 8. The fourth-order valence-corrected chi connectivity index (χ4v) is 14.3. The van der Waals surface area contributed by atoms with E-state index in [0.29, 0.717) is 37.7 Å². The van der Waals surface area contributed by atoms with Crippen LogP contribution in [0.3, 0.4) is 0 Å². The van der Waals surface area contributed by atoms with Crippen molar-refractivity contribution in [2.24, 2.45) is 51.2 Å². The first-order valence-electron chi connectivity index (χ1n) is 21.4. The average molecular weight is 727 g/mol. The lowest BCUT2D eigenvalue weighted by Crippen LogP contribution is -2.61. The summed E-state index contributed by atoms with van der Waals surface area (Å²) in [6.45, 7) is 14.5. The van der Waals surface area contributed by atoms with Crippen molar-refractivity contribution < 1.29 is 38.4 Å². The molecular formula is C44H70O8. The van der Waals surface area contributed by atoms with E-state index in [4.69, 9.17) is 18.9 Å². The molecule has 294 valence electrons. The molecular weight excluding hydrogens is 656 g/mol. The summed E-state index contributed by atoms with van der Waals surface area (Å²) in [6.07, 6.45) is 16.5. The highest BCUT2D eigenvalue weighted by molar-refractivity contribution is 5.83. The first-order valence-corrected chi connectivity index (χ1v) is 21.4. The third-order valence-corrected chi connectivity index (χ3v) is 16.0. The topological polar surface area (TPSA) is 108 Å². The van der Waals surface area contributed by atoms with Gasteiger partial charge in [-0.25, -0.2) is 0 Å². The minimum absolute atomic E-state index is 0.0174. The van der Waals surface area contributed by atoms with E-state index in [1.807, 2.05) is 34.6 Å². The van der Waals surface area contributed by atoms with Crippen LogP contribution >= 0.6 is 0 Å². The van der Waals surface area contributed by atoms with Crippen LogP contribution in [0.2, 0.25) is 0 Å². The van der Waals surface area contributed by atoms with Gasteiger partial charge in [-0.05, 0) is 173 Å². The molecule has 8 bridgehead atoms. The molecule has 8 saturated carbocycles. The second kappa shape index (κ2) is 13.5. The van der Waals surface area contributed by atoms with Crippen molar-refractivity contribution in [3.05, 3.63) is 0 Å². The van der Waals surface area contributed by atoms with Crippen LogP contribution in [0.5, 0.6) is 0 Å². The highest BCUT2D eigenvalue weighted by Crippen LogP contribution is 2.66. The zero-order chi connectivity index (χ0) is 37.4. The molecule has 52 heavy (non-hydrogen) atoms. The summed E-state index contributed by atoms with van der Waals surface area (Å²) in [5.74, 6) is 1.91. The lowest BCUT2D eigenvalue weighted by Gasteiger charge is -2.63. The molecule has 5 atom stereocenters. The summed E-state index contributed by atoms with van der Waals surface area (Å²) in [6, 6.07) is 0. The second-order valence-corrected chi connectivity index (χ2v) is 21.0. The number of esters is 3. The van der Waals surface area contributed by atoms with Gasteiger partial charge in [0.2, 0.25) is 6.29 Å². The fourth-order valence-electron chi connectivity index (χ4n) is 14.3. The quantitative estimate of drug-likeness (QED) is 0.139. The maximum Gasteiger partial charge on any atom is 0.313 e. The van der Waals surface area contributed by atoms with Crippen LogP contribution in [0.15, 0.2) is 0 Å². The Labute approximate surface area is 313 Å². The molecule has 0 aromatic carbocycles. The predicted molar refractivity (Wildman–Crippen MR) is 198 cm³/mol. The molecule has 1 heterocycles. The van der Waals surface area contributed by atoms with Crippen molar-refractivity contribution in [2.45, 2.75) is 200 Å². The Morgan fingerprint density at radius 2 is 1.27 bits per heavy atom. The SMILES string of the molecule is CCC(C)(CC(C)(CC(C)(C)C(=O)OC1CCCCO1)C(=O)OC12CC3CC(CC(O)(C3)C1)C2)C(=O)OC(CC)(CC)C12CC3CC(CC(C3)C1)C2. The molecule has 9 aliphatic rings. The van der Waals surface area contributed by atoms with Gasteiger partial charge in [-0.2, -0.15) is 0 Å². The van der Waals surface area contributed by atoms with Crippen LogP contribution in [0, 0.1) is 51.2 Å². The Morgan fingerprint density at radius 3 is 1.77 bits per heavy atom. The van der Waals surface area contributed by atoms with Gasteiger partial charge in [0.25, 0.3) is 0 Å². The van der Waals surface area contributed by atoms with Crippen LogP contribution in [0.1, 0.15) is 177 Å². The summed E-state index contributed by atoms with van der Waals surface area (Å²) >= 11 is 0. The van der Waals surface area contributed by atoms with Crippen LogP contribution in [-0.4, -0.2) is 52.7 Å². The normalized spacial score (nSPS) is 40.2. The minimum Gasteiger partial charge on any atom is -0.459 e. The highest BCUT2D eigenvalue weighted by Gasteiger charge is 2.63. The van der Waals surface area contributed by atoms with E-state index in [-0.39, 0.29) is 30.2 Å². The van der Waals surface area contributed by atoms with Crippen LogP contribution in [-0.2, 0) is 33.3 Å². The summed E-state index contributed by atoms with van der Waals surface area (Å²) < 4.78 is 25.4. The van der Waals surface area contributed by atoms with Gasteiger partial charge in [0.1, 0.15) is 11.2 Å². The van der Waals surface area contributed by atoms with Gasteiger partial charge in [-0.1, -0.05) is 20.8 Å². The first kappa shape index (κ1) is 38.6. The summed E-state index contributed by atoms with van der Waals surface area (Å²) in [4.78, 5) is 43.7. The predicted octanol–water partition coefficient (Wildman–Crippen LogP) is 9.23. The minimum atomic E-state index is -1.20.